The Morgan fingerprint density at radius 2 is 2.13 bits per heavy atom. The highest BCUT2D eigenvalue weighted by atomic mass is 32.2. The summed E-state index contributed by atoms with van der Waals surface area (Å²) >= 11 is 1.77. The number of rotatable bonds is 3. The zero-order valence-corrected chi connectivity index (χ0v) is 10.1. The molecule has 1 saturated carbocycles. The third kappa shape index (κ3) is 1.89. The fourth-order valence-corrected chi connectivity index (χ4v) is 4.23. The highest BCUT2D eigenvalue weighted by Crippen LogP contribution is 2.37. The molecule has 0 radical (unpaired) electrons. The first-order valence-corrected chi connectivity index (χ1v) is 6.86. The summed E-state index contributed by atoms with van der Waals surface area (Å²) in [6.45, 7) is 0. The third-order valence-electron chi connectivity index (χ3n) is 3.95. The van der Waals surface area contributed by atoms with Gasteiger partial charge < -0.3 is 5.11 Å². The van der Waals surface area contributed by atoms with E-state index in [0.717, 1.165) is 17.9 Å². The van der Waals surface area contributed by atoms with Crippen molar-refractivity contribution in [1.29, 1.82) is 0 Å². The molecule has 3 nitrogen and oxygen atoms in total. The molecule has 1 atom stereocenters. The summed E-state index contributed by atoms with van der Waals surface area (Å²) in [6, 6.07) is 0.500. The number of hydrogen-bond donors (Lipinski definition) is 1. The molecular formula is C11H19NO2S. The van der Waals surface area contributed by atoms with Crippen LogP contribution in [0.3, 0.4) is 0 Å². The van der Waals surface area contributed by atoms with E-state index in [1.54, 1.807) is 11.8 Å². The average Bonchev–Trinajstić information content (AvgIpc) is 2.89. The van der Waals surface area contributed by atoms with E-state index in [9.17, 15) is 9.90 Å². The molecule has 0 aromatic rings. The van der Waals surface area contributed by atoms with Gasteiger partial charge in [0.2, 0.25) is 0 Å². The van der Waals surface area contributed by atoms with E-state index in [2.05, 4.69) is 4.90 Å². The lowest BCUT2D eigenvalue weighted by atomic mass is 9.94. The van der Waals surface area contributed by atoms with Crippen molar-refractivity contribution in [2.24, 2.45) is 0 Å². The standard InChI is InChI=1S/C11H19NO2S/c1-12(9-4-2-3-5-9)11(10(13)14)6-7-15-8-11/h9H,2-8H2,1H3,(H,13,14). The molecule has 0 spiro atoms. The number of carbonyl (C=O) groups is 1. The minimum atomic E-state index is -0.623. The maximum absolute atomic E-state index is 11.5. The molecule has 0 amide bonds. The predicted molar refractivity (Wildman–Crippen MR) is 62.3 cm³/mol. The van der Waals surface area contributed by atoms with Crippen LogP contribution in [0.2, 0.25) is 0 Å². The predicted octanol–water partition coefficient (Wildman–Crippen LogP) is 1.82. The molecule has 1 saturated heterocycles. The van der Waals surface area contributed by atoms with Crippen LogP contribution in [0, 0.1) is 0 Å². The Hall–Kier alpha value is -0.220. The second-order valence-corrected chi connectivity index (χ2v) is 5.79. The first kappa shape index (κ1) is 11.3. The van der Waals surface area contributed by atoms with Crippen LogP contribution >= 0.6 is 11.8 Å². The molecule has 4 heteroatoms. The molecule has 0 aromatic carbocycles. The van der Waals surface area contributed by atoms with Gasteiger partial charge in [0.25, 0.3) is 0 Å². The van der Waals surface area contributed by atoms with Gasteiger partial charge >= 0.3 is 5.97 Å². The minimum absolute atomic E-state index is 0.500. The summed E-state index contributed by atoms with van der Waals surface area (Å²) < 4.78 is 0. The lowest BCUT2D eigenvalue weighted by Crippen LogP contribution is -2.56. The Kier molecular flexibility index (Phi) is 3.26. The molecule has 1 heterocycles. The van der Waals surface area contributed by atoms with Crippen LogP contribution in [0.1, 0.15) is 32.1 Å². The van der Waals surface area contributed by atoms with Crippen LogP contribution < -0.4 is 0 Å². The SMILES string of the molecule is CN(C1CCCC1)C1(C(=O)O)CCSC1. The number of aliphatic carboxylic acids is 1. The number of carboxylic acid groups (broad SMARTS) is 1. The Morgan fingerprint density at radius 1 is 1.47 bits per heavy atom. The molecule has 2 rings (SSSR count). The van der Waals surface area contributed by atoms with E-state index < -0.39 is 11.5 Å². The summed E-state index contributed by atoms with van der Waals surface area (Å²) in [5.74, 6) is 1.13. The van der Waals surface area contributed by atoms with Gasteiger partial charge in [-0.1, -0.05) is 12.8 Å². The zero-order valence-electron chi connectivity index (χ0n) is 9.24. The maximum Gasteiger partial charge on any atom is 0.325 e. The molecule has 1 N–H and O–H groups in total. The van der Waals surface area contributed by atoms with Crippen LogP contribution in [0.15, 0.2) is 0 Å². The van der Waals surface area contributed by atoms with Crippen molar-refractivity contribution < 1.29 is 9.90 Å². The zero-order chi connectivity index (χ0) is 10.9. The van der Waals surface area contributed by atoms with Crippen LogP contribution in [-0.4, -0.2) is 46.1 Å². The Balaban J connectivity index is 2.13. The van der Waals surface area contributed by atoms with E-state index >= 15 is 0 Å². The topological polar surface area (TPSA) is 40.5 Å². The second-order valence-electron chi connectivity index (χ2n) is 4.69. The highest BCUT2D eigenvalue weighted by Gasteiger charge is 2.47. The molecule has 1 aliphatic heterocycles. The highest BCUT2D eigenvalue weighted by molar-refractivity contribution is 7.99. The molecule has 0 bridgehead atoms. The van der Waals surface area contributed by atoms with Crippen LogP contribution in [-0.2, 0) is 4.79 Å². The monoisotopic (exact) mass is 229 g/mol. The Bertz CT molecular complexity index is 245. The van der Waals surface area contributed by atoms with Gasteiger partial charge in [-0.25, -0.2) is 0 Å². The van der Waals surface area contributed by atoms with Gasteiger partial charge in [-0.2, -0.15) is 11.8 Å². The summed E-state index contributed by atoms with van der Waals surface area (Å²) in [4.78, 5) is 13.6. The van der Waals surface area contributed by atoms with E-state index in [4.69, 9.17) is 0 Å². The Morgan fingerprint density at radius 3 is 2.60 bits per heavy atom. The summed E-state index contributed by atoms with van der Waals surface area (Å²) in [7, 11) is 2.01. The normalized spacial score (nSPS) is 32.7. The van der Waals surface area contributed by atoms with Crippen LogP contribution in [0.5, 0.6) is 0 Å². The van der Waals surface area contributed by atoms with Crippen LogP contribution in [0.4, 0.5) is 0 Å². The average molecular weight is 229 g/mol. The van der Waals surface area contributed by atoms with Gasteiger partial charge in [-0.15, -0.1) is 0 Å². The first-order valence-electron chi connectivity index (χ1n) is 5.71. The van der Waals surface area contributed by atoms with Crippen molar-refractivity contribution in [3.05, 3.63) is 0 Å². The van der Waals surface area contributed by atoms with Crippen molar-refractivity contribution in [3.63, 3.8) is 0 Å². The minimum Gasteiger partial charge on any atom is -0.480 e. The van der Waals surface area contributed by atoms with Crippen molar-refractivity contribution in [2.45, 2.75) is 43.7 Å². The lowest BCUT2D eigenvalue weighted by Gasteiger charge is -2.38. The number of nitrogens with zero attached hydrogens (tertiary/aromatic N) is 1. The number of carboxylic acids is 1. The van der Waals surface area contributed by atoms with E-state index in [0.29, 0.717) is 6.04 Å². The van der Waals surface area contributed by atoms with E-state index in [1.165, 1.54) is 25.7 Å². The fourth-order valence-electron chi connectivity index (χ4n) is 2.79. The van der Waals surface area contributed by atoms with Crippen molar-refractivity contribution in [2.75, 3.05) is 18.6 Å². The number of hydrogen-bond acceptors (Lipinski definition) is 3. The molecule has 1 aliphatic carbocycles. The van der Waals surface area contributed by atoms with Gasteiger partial charge in [0.1, 0.15) is 5.54 Å². The summed E-state index contributed by atoms with van der Waals surface area (Å²) in [5, 5.41) is 9.44. The van der Waals surface area contributed by atoms with Gasteiger partial charge in [-0.3, -0.25) is 9.69 Å². The molecule has 2 aliphatic rings. The van der Waals surface area contributed by atoms with Crippen molar-refractivity contribution >= 4 is 17.7 Å². The van der Waals surface area contributed by atoms with Gasteiger partial charge in [-0.05, 0) is 32.1 Å². The van der Waals surface area contributed by atoms with Crippen LogP contribution in [0.25, 0.3) is 0 Å². The molecule has 2 fully saturated rings. The Labute approximate surface area is 95.2 Å². The quantitative estimate of drug-likeness (QED) is 0.801. The lowest BCUT2D eigenvalue weighted by molar-refractivity contribution is -0.150. The van der Waals surface area contributed by atoms with Gasteiger partial charge in [0.05, 0.1) is 0 Å². The van der Waals surface area contributed by atoms with Gasteiger partial charge in [0.15, 0.2) is 0 Å². The molecule has 86 valence electrons. The third-order valence-corrected chi connectivity index (χ3v) is 5.12. The van der Waals surface area contributed by atoms with Crippen molar-refractivity contribution in [1.82, 2.24) is 4.90 Å². The molecule has 1 unspecified atom stereocenters. The smallest absolute Gasteiger partial charge is 0.325 e. The largest absolute Gasteiger partial charge is 0.480 e. The number of thioether (sulfide) groups is 1. The fraction of sp³-hybridized carbons (Fsp3) is 0.909. The summed E-state index contributed by atoms with van der Waals surface area (Å²) in [6.07, 6.45) is 5.68. The molecule has 15 heavy (non-hydrogen) atoms. The molecule has 0 aromatic heterocycles. The number of likely N-dealkylation sites (N-methyl/N-ethyl adjacent to an activating group) is 1. The van der Waals surface area contributed by atoms with E-state index in [-0.39, 0.29) is 0 Å². The second kappa shape index (κ2) is 4.34. The molecular weight excluding hydrogens is 210 g/mol. The summed E-state index contributed by atoms with van der Waals surface area (Å²) in [5.41, 5.74) is -0.570. The first-order chi connectivity index (χ1) is 7.17. The van der Waals surface area contributed by atoms with Crippen molar-refractivity contribution in [3.8, 4) is 0 Å². The maximum atomic E-state index is 11.5. The van der Waals surface area contributed by atoms with Gasteiger partial charge in [0, 0.05) is 11.8 Å². The van der Waals surface area contributed by atoms with E-state index in [1.807, 2.05) is 7.05 Å².